The van der Waals surface area contributed by atoms with Gasteiger partial charge in [-0.1, -0.05) is 29.9 Å². The standard InChI is InChI=1S/C15H15N/c1-11-6-3-4-8-14(11)15-9-5-7-13(10-16)12(15)2/h4-5,7-9H,3,6H2,1-2H3. The van der Waals surface area contributed by atoms with Crippen molar-refractivity contribution in [3.05, 3.63) is 52.6 Å². The summed E-state index contributed by atoms with van der Waals surface area (Å²) in [5.74, 6) is 0. The summed E-state index contributed by atoms with van der Waals surface area (Å²) in [4.78, 5) is 0. The van der Waals surface area contributed by atoms with E-state index in [0.29, 0.717) is 0 Å². The van der Waals surface area contributed by atoms with Gasteiger partial charge in [-0.3, -0.25) is 0 Å². The zero-order valence-electron chi connectivity index (χ0n) is 9.75. The van der Waals surface area contributed by atoms with Gasteiger partial charge >= 0.3 is 0 Å². The van der Waals surface area contributed by atoms with Crippen LogP contribution in [0.5, 0.6) is 0 Å². The van der Waals surface area contributed by atoms with Gasteiger partial charge in [0.05, 0.1) is 11.6 Å². The highest BCUT2D eigenvalue weighted by Crippen LogP contribution is 2.30. The average molecular weight is 209 g/mol. The summed E-state index contributed by atoms with van der Waals surface area (Å²) in [5.41, 5.74) is 5.77. The monoisotopic (exact) mass is 209 g/mol. The van der Waals surface area contributed by atoms with Gasteiger partial charge in [0.25, 0.3) is 0 Å². The zero-order valence-corrected chi connectivity index (χ0v) is 9.75. The molecule has 0 spiro atoms. The van der Waals surface area contributed by atoms with Crippen LogP contribution in [0, 0.1) is 18.3 Å². The van der Waals surface area contributed by atoms with E-state index in [0.717, 1.165) is 24.0 Å². The van der Waals surface area contributed by atoms with Gasteiger partial charge in [-0.2, -0.15) is 5.26 Å². The smallest absolute Gasteiger partial charge is 0.0994 e. The first-order chi connectivity index (χ1) is 7.74. The molecule has 80 valence electrons. The molecule has 0 unspecified atom stereocenters. The van der Waals surface area contributed by atoms with E-state index in [4.69, 9.17) is 5.26 Å². The van der Waals surface area contributed by atoms with Crippen molar-refractivity contribution in [1.29, 1.82) is 5.26 Å². The lowest BCUT2D eigenvalue weighted by Gasteiger charge is -2.15. The lowest BCUT2D eigenvalue weighted by molar-refractivity contribution is 0.967. The first-order valence-corrected chi connectivity index (χ1v) is 5.60. The number of rotatable bonds is 1. The molecular weight excluding hydrogens is 194 g/mol. The van der Waals surface area contributed by atoms with Crippen molar-refractivity contribution in [3.8, 4) is 6.07 Å². The molecule has 0 saturated carbocycles. The highest BCUT2D eigenvalue weighted by molar-refractivity contribution is 5.80. The summed E-state index contributed by atoms with van der Waals surface area (Å²) in [6, 6.07) is 8.18. The van der Waals surface area contributed by atoms with Crippen LogP contribution < -0.4 is 0 Å². The Morgan fingerprint density at radius 2 is 2.06 bits per heavy atom. The summed E-state index contributed by atoms with van der Waals surface area (Å²) in [7, 11) is 0. The van der Waals surface area contributed by atoms with E-state index in [1.54, 1.807) is 0 Å². The van der Waals surface area contributed by atoms with Crippen molar-refractivity contribution in [1.82, 2.24) is 0 Å². The number of allylic oxidation sites excluding steroid dienone is 4. The molecule has 1 aliphatic carbocycles. The molecule has 0 fully saturated rings. The second-order valence-corrected chi connectivity index (χ2v) is 4.22. The summed E-state index contributed by atoms with van der Waals surface area (Å²) in [6.45, 7) is 4.20. The fourth-order valence-electron chi connectivity index (χ4n) is 2.15. The third-order valence-corrected chi connectivity index (χ3v) is 3.17. The molecule has 0 bridgehead atoms. The average Bonchev–Trinajstić information content (AvgIpc) is 2.31. The number of benzene rings is 1. The largest absolute Gasteiger partial charge is 0.192 e. The number of hydrogen-bond acceptors (Lipinski definition) is 1. The van der Waals surface area contributed by atoms with Crippen molar-refractivity contribution in [2.24, 2.45) is 0 Å². The van der Waals surface area contributed by atoms with Gasteiger partial charge in [0.1, 0.15) is 0 Å². The maximum absolute atomic E-state index is 9.02. The van der Waals surface area contributed by atoms with E-state index in [1.807, 2.05) is 19.1 Å². The molecule has 0 saturated heterocycles. The lowest BCUT2D eigenvalue weighted by atomic mass is 9.89. The number of nitrogens with zero attached hydrogens (tertiary/aromatic N) is 1. The molecule has 1 heteroatoms. The van der Waals surface area contributed by atoms with E-state index in [-0.39, 0.29) is 0 Å². The Morgan fingerprint density at radius 3 is 2.75 bits per heavy atom. The molecule has 0 amide bonds. The normalized spacial score (nSPS) is 15.1. The van der Waals surface area contributed by atoms with Crippen molar-refractivity contribution in [2.75, 3.05) is 0 Å². The van der Waals surface area contributed by atoms with Gasteiger partial charge < -0.3 is 0 Å². The molecule has 0 atom stereocenters. The molecular formula is C15H15N. The van der Waals surface area contributed by atoms with Crippen molar-refractivity contribution < 1.29 is 0 Å². The van der Waals surface area contributed by atoms with Crippen LogP contribution in [0.15, 0.2) is 35.9 Å². The van der Waals surface area contributed by atoms with Crippen LogP contribution in [0.4, 0.5) is 0 Å². The second kappa shape index (κ2) is 4.37. The van der Waals surface area contributed by atoms with Crippen LogP contribution in [0.25, 0.3) is 5.57 Å². The summed E-state index contributed by atoms with van der Waals surface area (Å²) in [6.07, 6.45) is 6.65. The molecule has 0 heterocycles. The fraction of sp³-hybridized carbons (Fsp3) is 0.267. The van der Waals surface area contributed by atoms with E-state index < -0.39 is 0 Å². The van der Waals surface area contributed by atoms with E-state index in [9.17, 15) is 0 Å². The molecule has 0 radical (unpaired) electrons. The highest BCUT2D eigenvalue weighted by Gasteiger charge is 2.10. The molecule has 16 heavy (non-hydrogen) atoms. The van der Waals surface area contributed by atoms with Crippen LogP contribution in [0.1, 0.15) is 36.5 Å². The van der Waals surface area contributed by atoms with Crippen molar-refractivity contribution in [3.63, 3.8) is 0 Å². The van der Waals surface area contributed by atoms with Gasteiger partial charge in [0, 0.05) is 0 Å². The van der Waals surface area contributed by atoms with Crippen LogP contribution in [0.3, 0.4) is 0 Å². The van der Waals surface area contributed by atoms with Gasteiger partial charge in [-0.05, 0) is 49.5 Å². The number of hydrogen-bond donors (Lipinski definition) is 0. The Balaban J connectivity index is 2.58. The predicted molar refractivity (Wildman–Crippen MR) is 66.9 cm³/mol. The first kappa shape index (κ1) is 10.7. The molecule has 2 rings (SSSR count). The summed E-state index contributed by atoms with van der Waals surface area (Å²) < 4.78 is 0. The molecule has 0 N–H and O–H groups in total. The molecule has 0 aliphatic heterocycles. The molecule has 1 aromatic carbocycles. The molecule has 0 aromatic heterocycles. The minimum Gasteiger partial charge on any atom is -0.192 e. The van der Waals surface area contributed by atoms with Crippen LogP contribution >= 0.6 is 0 Å². The van der Waals surface area contributed by atoms with Crippen LogP contribution in [0.2, 0.25) is 0 Å². The second-order valence-electron chi connectivity index (χ2n) is 4.22. The van der Waals surface area contributed by atoms with Crippen LogP contribution in [-0.2, 0) is 0 Å². The summed E-state index contributed by atoms with van der Waals surface area (Å²) in [5, 5.41) is 9.02. The number of nitriles is 1. The van der Waals surface area contributed by atoms with Crippen molar-refractivity contribution in [2.45, 2.75) is 26.7 Å². The van der Waals surface area contributed by atoms with Gasteiger partial charge in [0.2, 0.25) is 0 Å². The quantitative estimate of drug-likeness (QED) is 0.686. The molecule has 1 aliphatic rings. The molecule has 1 aromatic rings. The highest BCUT2D eigenvalue weighted by atomic mass is 14.2. The van der Waals surface area contributed by atoms with Crippen molar-refractivity contribution >= 4 is 5.57 Å². The van der Waals surface area contributed by atoms with E-state index in [1.165, 1.54) is 16.7 Å². The Labute approximate surface area is 96.7 Å². The van der Waals surface area contributed by atoms with E-state index in [2.05, 4.69) is 31.2 Å². The van der Waals surface area contributed by atoms with E-state index >= 15 is 0 Å². The predicted octanol–water partition coefficient (Wildman–Crippen LogP) is 3.99. The SMILES string of the molecule is CC1=C(c2cccc(C#N)c2C)C=CCC1. The first-order valence-electron chi connectivity index (χ1n) is 5.60. The van der Waals surface area contributed by atoms with Gasteiger partial charge in [-0.25, -0.2) is 0 Å². The maximum Gasteiger partial charge on any atom is 0.0994 e. The zero-order chi connectivity index (χ0) is 11.5. The van der Waals surface area contributed by atoms with Crippen LogP contribution in [-0.4, -0.2) is 0 Å². The Hall–Kier alpha value is -1.81. The Bertz CT molecular complexity index is 513. The topological polar surface area (TPSA) is 23.8 Å². The third kappa shape index (κ3) is 1.79. The third-order valence-electron chi connectivity index (χ3n) is 3.17. The lowest BCUT2D eigenvalue weighted by Crippen LogP contribution is -1.96. The van der Waals surface area contributed by atoms with Gasteiger partial charge in [-0.15, -0.1) is 0 Å². The maximum atomic E-state index is 9.02. The fourth-order valence-corrected chi connectivity index (χ4v) is 2.15. The van der Waals surface area contributed by atoms with Gasteiger partial charge in [0.15, 0.2) is 0 Å². The molecule has 1 nitrogen and oxygen atoms in total. The Kier molecular flexibility index (Phi) is 2.92. The Morgan fingerprint density at radius 1 is 1.25 bits per heavy atom. The summed E-state index contributed by atoms with van der Waals surface area (Å²) >= 11 is 0. The minimum atomic E-state index is 0.775. The minimum absolute atomic E-state index is 0.775.